The van der Waals surface area contributed by atoms with Crippen LogP contribution in [0.2, 0.25) is 0 Å². The van der Waals surface area contributed by atoms with Crippen molar-refractivity contribution in [2.24, 2.45) is 28.6 Å². The predicted molar refractivity (Wildman–Crippen MR) is 120 cm³/mol. The largest absolute Gasteiger partial charge is 0.471 e. The number of piperidine rings is 1. The van der Waals surface area contributed by atoms with E-state index in [0.29, 0.717) is 13.0 Å². The molecule has 2 aliphatic heterocycles. The van der Waals surface area contributed by atoms with Crippen molar-refractivity contribution in [3.05, 3.63) is 4.85 Å². The Balaban J connectivity index is 1.81. The molecule has 2 saturated heterocycles. The fourth-order valence-electron chi connectivity index (χ4n) is 5.39. The molecule has 1 saturated carbocycles. The van der Waals surface area contributed by atoms with Crippen molar-refractivity contribution in [3.8, 4) is 6.57 Å². The van der Waals surface area contributed by atoms with Gasteiger partial charge in [-0.25, -0.2) is 0 Å². The number of nitrogens with one attached hydrogen (secondary N) is 3. The van der Waals surface area contributed by atoms with Gasteiger partial charge in [0, 0.05) is 19.0 Å². The molecule has 0 aromatic rings. The van der Waals surface area contributed by atoms with E-state index in [-0.39, 0.29) is 42.0 Å². The number of fused-ring (bicyclic) bond motifs is 1. The van der Waals surface area contributed by atoms with Crippen molar-refractivity contribution in [1.82, 2.24) is 20.9 Å². The molecule has 0 bridgehead atoms. The van der Waals surface area contributed by atoms with Crippen LogP contribution in [0.4, 0.5) is 13.2 Å². The molecule has 0 radical (unpaired) electrons. The Labute approximate surface area is 202 Å². The first-order valence-corrected chi connectivity index (χ1v) is 11.7. The van der Waals surface area contributed by atoms with Crippen LogP contribution in [0.25, 0.3) is 4.85 Å². The number of likely N-dealkylation sites (tertiary alicyclic amines) is 1. The summed E-state index contributed by atoms with van der Waals surface area (Å²) in [5.74, 6) is -4.25. The minimum Gasteiger partial charge on any atom is -0.356 e. The van der Waals surface area contributed by atoms with Gasteiger partial charge in [-0.3, -0.25) is 24.5 Å². The molecule has 4 amide bonds. The third-order valence-electron chi connectivity index (χ3n) is 7.57. The Hall–Kier alpha value is -2.84. The highest BCUT2D eigenvalue weighted by Crippen LogP contribution is 2.65. The molecule has 0 spiro atoms. The van der Waals surface area contributed by atoms with Gasteiger partial charge in [-0.2, -0.15) is 13.2 Å². The summed E-state index contributed by atoms with van der Waals surface area (Å²) in [6.45, 7) is 14.7. The summed E-state index contributed by atoms with van der Waals surface area (Å²) in [5, 5.41) is 7.23. The first kappa shape index (κ1) is 26.8. The molecule has 12 heteroatoms. The molecule has 194 valence electrons. The molecule has 1 aliphatic carbocycles. The number of nitrogens with zero attached hydrogens (tertiary/aromatic N) is 2. The fraction of sp³-hybridized carbons (Fsp3) is 0.783. The lowest BCUT2D eigenvalue weighted by Gasteiger charge is -2.37. The molecule has 9 nitrogen and oxygen atoms in total. The normalized spacial score (nSPS) is 28.9. The zero-order valence-electron chi connectivity index (χ0n) is 20.5. The molecule has 0 aromatic heterocycles. The summed E-state index contributed by atoms with van der Waals surface area (Å²) in [7, 11) is 0. The number of amides is 4. The molecule has 35 heavy (non-hydrogen) atoms. The maximum Gasteiger partial charge on any atom is 0.471 e. The van der Waals surface area contributed by atoms with E-state index in [1.807, 2.05) is 19.2 Å². The molecule has 6 atom stereocenters. The second-order valence-electron chi connectivity index (χ2n) is 11.3. The van der Waals surface area contributed by atoms with Crippen molar-refractivity contribution < 1.29 is 32.3 Å². The molecule has 0 unspecified atom stereocenters. The van der Waals surface area contributed by atoms with E-state index < -0.39 is 47.6 Å². The van der Waals surface area contributed by atoms with E-state index in [9.17, 15) is 32.3 Å². The van der Waals surface area contributed by atoms with Crippen molar-refractivity contribution in [1.29, 1.82) is 0 Å². The SMILES string of the molecule is C#[N+][C@H](C[C@@H]1CCNC1=O)NC(=O)[C@@H]1[C@@H]2[C@H](CN1C(=O)[C@@H](NC(=O)C(F)(F)F)C(C)(C)C)C2(C)C. The van der Waals surface area contributed by atoms with Crippen molar-refractivity contribution in [2.45, 2.75) is 71.9 Å². The van der Waals surface area contributed by atoms with Gasteiger partial charge in [-0.1, -0.05) is 39.5 Å². The molecule has 3 fully saturated rings. The van der Waals surface area contributed by atoms with Crippen LogP contribution >= 0.6 is 0 Å². The van der Waals surface area contributed by atoms with E-state index >= 15 is 0 Å². The van der Waals surface area contributed by atoms with Crippen LogP contribution in [0.15, 0.2) is 0 Å². The lowest BCUT2D eigenvalue weighted by atomic mass is 9.85. The Bertz CT molecular complexity index is 952. The van der Waals surface area contributed by atoms with E-state index in [1.165, 1.54) is 25.7 Å². The van der Waals surface area contributed by atoms with Gasteiger partial charge in [0.2, 0.25) is 17.7 Å². The summed E-state index contributed by atoms with van der Waals surface area (Å²) in [5.41, 5.74) is -1.29. The van der Waals surface area contributed by atoms with Gasteiger partial charge in [-0.15, -0.1) is 0 Å². The standard InChI is InChI=1S/C23H32F3N5O4/c1-21(2,3)16(30-20(35)23(24,25)26)19(34)31-10-12-14(22(12,4)5)15(31)18(33)29-13(27-6)9-11-7-8-28-17(11)32/h6,11-16H,7-10H2,1-5H3,(H2-,28,29,30,32,33,35)/p+1/t11-,12-,13-,14-,15-,16+/m0/s1. The summed E-state index contributed by atoms with van der Waals surface area (Å²) >= 11 is 0. The topological polar surface area (TPSA) is 112 Å². The number of halogens is 3. The highest BCUT2D eigenvalue weighted by Gasteiger charge is 2.70. The minimum absolute atomic E-state index is 0.0185. The quantitative estimate of drug-likeness (QED) is 0.513. The third kappa shape index (κ3) is 5.23. The predicted octanol–water partition coefficient (Wildman–Crippen LogP) is 1.49. The van der Waals surface area contributed by atoms with E-state index in [4.69, 9.17) is 6.57 Å². The number of hydrogen-bond donors (Lipinski definition) is 3. The lowest BCUT2D eigenvalue weighted by Crippen LogP contribution is -2.61. The van der Waals surface area contributed by atoms with Gasteiger partial charge in [-0.05, 0) is 29.1 Å². The Morgan fingerprint density at radius 2 is 1.86 bits per heavy atom. The van der Waals surface area contributed by atoms with Crippen LogP contribution in [0.3, 0.4) is 0 Å². The monoisotopic (exact) mass is 500 g/mol. The lowest BCUT2D eigenvalue weighted by molar-refractivity contribution is -0.176. The van der Waals surface area contributed by atoms with Gasteiger partial charge in [0.1, 0.15) is 12.1 Å². The van der Waals surface area contributed by atoms with Crippen LogP contribution in [-0.2, 0) is 19.2 Å². The van der Waals surface area contributed by atoms with Gasteiger partial charge < -0.3 is 15.5 Å². The molecular formula is C23H33F3N5O4+. The number of carbonyl (C=O) groups excluding carboxylic acids is 4. The van der Waals surface area contributed by atoms with Crippen molar-refractivity contribution in [2.75, 3.05) is 13.1 Å². The van der Waals surface area contributed by atoms with Crippen LogP contribution < -0.4 is 16.0 Å². The minimum atomic E-state index is -5.15. The maximum atomic E-state index is 13.5. The summed E-state index contributed by atoms with van der Waals surface area (Å²) in [4.78, 5) is 55.4. The third-order valence-corrected chi connectivity index (χ3v) is 7.57. The average molecular weight is 501 g/mol. The molecule has 3 N–H and O–H groups in total. The Morgan fingerprint density at radius 1 is 1.23 bits per heavy atom. The average Bonchev–Trinajstić information content (AvgIpc) is 3.10. The molecule has 0 aromatic carbocycles. The fourth-order valence-corrected chi connectivity index (χ4v) is 5.39. The van der Waals surface area contributed by atoms with Gasteiger partial charge in [0.05, 0.1) is 6.42 Å². The number of carbonyl (C=O) groups is 4. The van der Waals surface area contributed by atoms with Gasteiger partial charge in [0.15, 0.2) is 0 Å². The first-order chi connectivity index (χ1) is 16.0. The second-order valence-corrected chi connectivity index (χ2v) is 11.3. The summed E-state index contributed by atoms with van der Waals surface area (Å²) in [6, 6.07) is -2.46. The van der Waals surface area contributed by atoms with Crippen molar-refractivity contribution >= 4 is 23.6 Å². The summed E-state index contributed by atoms with van der Waals surface area (Å²) in [6.07, 6.45) is -5.24. The first-order valence-electron chi connectivity index (χ1n) is 11.7. The molecule has 3 rings (SSSR count). The zero-order chi connectivity index (χ0) is 26.5. The number of alkyl halides is 3. The maximum absolute atomic E-state index is 13.5. The smallest absolute Gasteiger partial charge is 0.356 e. The van der Waals surface area contributed by atoms with Gasteiger partial charge >= 0.3 is 18.2 Å². The number of rotatable bonds is 6. The molecular weight excluding hydrogens is 467 g/mol. The highest BCUT2D eigenvalue weighted by atomic mass is 19.4. The summed E-state index contributed by atoms with van der Waals surface area (Å²) < 4.78 is 38.8. The Morgan fingerprint density at radius 3 is 2.34 bits per heavy atom. The van der Waals surface area contributed by atoms with Crippen molar-refractivity contribution in [3.63, 3.8) is 0 Å². The van der Waals surface area contributed by atoms with E-state index in [2.05, 4.69) is 15.5 Å². The van der Waals surface area contributed by atoms with E-state index in [0.717, 1.165) is 0 Å². The van der Waals surface area contributed by atoms with Crippen LogP contribution in [0, 0.1) is 35.2 Å². The Kier molecular flexibility index (Phi) is 6.87. The highest BCUT2D eigenvalue weighted by molar-refractivity contribution is 5.95. The zero-order valence-corrected chi connectivity index (χ0v) is 20.5. The number of hydrogen-bond acceptors (Lipinski definition) is 4. The van der Waals surface area contributed by atoms with Crippen LogP contribution in [0.1, 0.15) is 47.5 Å². The van der Waals surface area contributed by atoms with E-state index in [1.54, 1.807) is 0 Å². The van der Waals surface area contributed by atoms with Crippen LogP contribution in [-0.4, -0.2) is 66.0 Å². The van der Waals surface area contributed by atoms with Gasteiger partial charge in [0.25, 0.3) is 6.57 Å². The van der Waals surface area contributed by atoms with Crippen LogP contribution in [0.5, 0.6) is 0 Å². The molecule has 2 heterocycles. The second kappa shape index (κ2) is 8.99. The molecule has 3 aliphatic rings.